The zero-order chi connectivity index (χ0) is 27.7. The molecule has 6 nitrogen and oxygen atoms in total. The maximum absolute atomic E-state index is 13.9. The smallest absolute Gasteiger partial charge is 0.388 e. The summed E-state index contributed by atoms with van der Waals surface area (Å²) in [6, 6.07) is 6.62. The molecule has 0 aromatic heterocycles. The molecule has 9 heteroatoms. The third-order valence-corrected chi connectivity index (χ3v) is 8.82. The molecule has 1 aliphatic heterocycles. The molecular weight excluding hydrogens is 495 g/mol. The normalized spacial score (nSPS) is 22.8. The number of carbonyl (C=O) groups excluding carboxylic acids is 2. The van der Waals surface area contributed by atoms with E-state index in [1.165, 1.54) is 0 Å². The number of hydrogen-bond donors (Lipinski definition) is 2. The van der Waals surface area contributed by atoms with Gasteiger partial charge in [-0.1, -0.05) is 56.4 Å². The van der Waals surface area contributed by atoms with E-state index >= 15 is 0 Å². The van der Waals surface area contributed by atoms with Gasteiger partial charge in [0.15, 0.2) is 0 Å². The lowest BCUT2D eigenvalue weighted by Crippen LogP contribution is -2.60. The highest BCUT2D eigenvalue weighted by molar-refractivity contribution is 5.90. The van der Waals surface area contributed by atoms with Gasteiger partial charge in [-0.2, -0.15) is 13.2 Å². The number of aliphatic hydroxyl groups is 1. The number of nitrogens with zero attached hydrogens (tertiary/aromatic N) is 2. The van der Waals surface area contributed by atoms with Gasteiger partial charge in [-0.3, -0.25) is 9.59 Å². The van der Waals surface area contributed by atoms with Crippen molar-refractivity contribution in [2.24, 2.45) is 11.7 Å². The Morgan fingerprint density at radius 2 is 1.76 bits per heavy atom. The average Bonchev–Trinajstić information content (AvgIpc) is 3.13. The standard InChI is InChI=1S/C29H42F3N3O3/c1-27(2,33)19-35(26(38)29(30,31)32)23(13-12-20-8-4-3-5-9-20)25(37)34-16-14-28(15-17-34)18-24(36)21-10-6-7-11-22(21)28/h6-7,10-11,20,23-24,36H,3-5,8-9,12-19,33H2,1-2H3/t23-,24+/m1/s1. The summed E-state index contributed by atoms with van der Waals surface area (Å²) in [6.45, 7) is 3.53. The number of benzene rings is 1. The number of likely N-dealkylation sites (tertiary alicyclic amines) is 1. The first-order valence-electron chi connectivity index (χ1n) is 14.0. The van der Waals surface area contributed by atoms with E-state index in [0.717, 1.165) is 43.2 Å². The van der Waals surface area contributed by atoms with Gasteiger partial charge in [0.2, 0.25) is 5.91 Å². The molecule has 4 rings (SSSR count). The molecular formula is C29H42F3N3O3. The van der Waals surface area contributed by atoms with Crippen molar-refractivity contribution in [3.05, 3.63) is 35.4 Å². The number of nitrogens with two attached hydrogens (primary N) is 1. The van der Waals surface area contributed by atoms with Crippen molar-refractivity contribution in [3.63, 3.8) is 0 Å². The Balaban J connectivity index is 1.55. The molecule has 3 aliphatic rings. The number of amides is 2. The fraction of sp³-hybridized carbons (Fsp3) is 0.724. The predicted molar refractivity (Wildman–Crippen MR) is 139 cm³/mol. The van der Waals surface area contributed by atoms with Gasteiger partial charge in [-0.05, 0) is 63.0 Å². The molecule has 212 valence electrons. The molecule has 0 bridgehead atoms. The van der Waals surface area contributed by atoms with E-state index in [9.17, 15) is 27.9 Å². The molecule has 2 atom stereocenters. The Kier molecular flexibility index (Phi) is 8.48. The van der Waals surface area contributed by atoms with Crippen LogP contribution in [0.15, 0.2) is 24.3 Å². The Morgan fingerprint density at radius 3 is 2.37 bits per heavy atom. The van der Waals surface area contributed by atoms with Gasteiger partial charge < -0.3 is 20.6 Å². The third-order valence-electron chi connectivity index (χ3n) is 8.82. The number of alkyl halides is 3. The van der Waals surface area contributed by atoms with Crippen molar-refractivity contribution in [2.45, 2.75) is 107 Å². The van der Waals surface area contributed by atoms with Crippen molar-refractivity contribution >= 4 is 11.8 Å². The van der Waals surface area contributed by atoms with E-state index in [0.29, 0.717) is 49.6 Å². The molecule has 1 spiro atoms. The molecule has 1 saturated heterocycles. The van der Waals surface area contributed by atoms with E-state index in [2.05, 4.69) is 0 Å². The molecule has 38 heavy (non-hydrogen) atoms. The van der Waals surface area contributed by atoms with Crippen molar-refractivity contribution < 1.29 is 27.9 Å². The van der Waals surface area contributed by atoms with Crippen molar-refractivity contribution in [1.82, 2.24) is 9.80 Å². The van der Waals surface area contributed by atoms with E-state index in [1.54, 1.807) is 18.7 Å². The molecule has 0 radical (unpaired) electrons. The SMILES string of the molecule is CC(C)(N)CN(C(=O)C(F)(F)F)[C@H](CCC1CCCCC1)C(=O)N1CCC2(CC1)C[C@H](O)c1ccccc12. The van der Waals surface area contributed by atoms with Crippen LogP contribution in [0.5, 0.6) is 0 Å². The molecule has 2 aliphatic carbocycles. The van der Waals surface area contributed by atoms with Gasteiger partial charge in [0, 0.05) is 30.6 Å². The summed E-state index contributed by atoms with van der Waals surface area (Å²) in [5, 5.41) is 10.6. The fourth-order valence-electron chi connectivity index (χ4n) is 6.91. The van der Waals surface area contributed by atoms with Crippen LogP contribution in [0, 0.1) is 5.92 Å². The zero-order valence-corrected chi connectivity index (χ0v) is 22.6. The lowest BCUT2D eigenvalue weighted by Gasteiger charge is -2.43. The number of piperidine rings is 1. The minimum absolute atomic E-state index is 0.199. The lowest BCUT2D eigenvalue weighted by molar-refractivity contribution is -0.190. The quantitative estimate of drug-likeness (QED) is 0.521. The maximum atomic E-state index is 13.9. The number of aliphatic hydroxyl groups excluding tert-OH is 1. The van der Waals surface area contributed by atoms with Crippen molar-refractivity contribution in [2.75, 3.05) is 19.6 Å². The highest BCUT2D eigenvalue weighted by Crippen LogP contribution is 2.50. The van der Waals surface area contributed by atoms with Crippen molar-refractivity contribution in [3.8, 4) is 0 Å². The van der Waals surface area contributed by atoms with Gasteiger partial charge in [-0.25, -0.2) is 0 Å². The van der Waals surface area contributed by atoms with Crippen LogP contribution in [-0.2, 0) is 15.0 Å². The Bertz CT molecular complexity index is 993. The number of halogens is 3. The van der Waals surface area contributed by atoms with Crippen LogP contribution in [0.25, 0.3) is 0 Å². The van der Waals surface area contributed by atoms with Gasteiger partial charge in [0.05, 0.1) is 6.10 Å². The molecule has 1 aromatic rings. The van der Waals surface area contributed by atoms with Gasteiger partial charge >= 0.3 is 12.1 Å². The van der Waals surface area contributed by atoms with E-state index in [4.69, 9.17) is 5.73 Å². The first kappa shape index (κ1) is 28.9. The van der Waals surface area contributed by atoms with Gasteiger partial charge in [0.25, 0.3) is 0 Å². The zero-order valence-electron chi connectivity index (χ0n) is 22.6. The molecule has 2 fully saturated rings. The summed E-state index contributed by atoms with van der Waals surface area (Å²) in [7, 11) is 0. The van der Waals surface area contributed by atoms with Crippen LogP contribution in [0.4, 0.5) is 13.2 Å². The van der Waals surface area contributed by atoms with Gasteiger partial charge in [-0.15, -0.1) is 0 Å². The Labute approximate surface area is 223 Å². The fourth-order valence-corrected chi connectivity index (χ4v) is 6.91. The highest BCUT2D eigenvalue weighted by Gasteiger charge is 2.50. The number of rotatable bonds is 7. The summed E-state index contributed by atoms with van der Waals surface area (Å²) < 4.78 is 41.2. The summed E-state index contributed by atoms with van der Waals surface area (Å²) in [6.07, 6.45) is 2.34. The minimum atomic E-state index is -5.09. The second-order valence-electron chi connectivity index (χ2n) is 12.4. The van der Waals surface area contributed by atoms with Crippen LogP contribution in [-0.4, -0.2) is 64.1 Å². The third kappa shape index (κ3) is 6.36. The van der Waals surface area contributed by atoms with Crippen LogP contribution >= 0.6 is 0 Å². The van der Waals surface area contributed by atoms with Crippen LogP contribution in [0.1, 0.15) is 95.3 Å². The summed E-state index contributed by atoms with van der Waals surface area (Å²) in [5.74, 6) is -2.07. The summed E-state index contributed by atoms with van der Waals surface area (Å²) in [4.78, 5) is 28.9. The Hall–Kier alpha value is -2.13. The molecule has 1 saturated carbocycles. The highest BCUT2D eigenvalue weighted by atomic mass is 19.4. The number of hydrogen-bond acceptors (Lipinski definition) is 4. The van der Waals surface area contributed by atoms with Gasteiger partial charge in [0.1, 0.15) is 6.04 Å². The lowest BCUT2D eigenvalue weighted by atomic mass is 9.73. The minimum Gasteiger partial charge on any atom is -0.388 e. The monoisotopic (exact) mass is 537 g/mol. The summed E-state index contributed by atoms with van der Waals surface area (Å²) in [5.41, 5.74) is 6.78. The number of carbonyl (C=O) groups is 2. The average molecular weight is 538 g/mol. The van der Waals surface area contributed by atoms with Crippen LogP contribution in [0.3, 0.4) is 0 Å². The molecule has 1 aromatic carbocycles. The number of fused-ring (bicyclic) bond motifs is 2. The van der Waals surface area contributed by atoms with Crippen LogP contribution in [0.2, 0.25) is 0 Å². The second-order valence-corrected chi connectivity index (χ2v) is 12.4. The topological polar surface area (TPSA) is 86.9 Å². The first-order valence-corrected chi connectivity index (χ1v) is 14.0. The largest absolute Gasteiger partial charge is 0.471 e. The van der Waals surface area contributed by atoms with E-state index in [-0.39, 0.29) is 18.4 Å². The Morgan fingerprint density at radius 1 is 1.13 bits per heavy atom. The van der Waals surface area contributed by atoms with E-state index < -0.39 is 35.7 Å². The van der Waals surface area contributed by atoms with Crippen molar-refractivity contribution in [1.29, 1.82) is 0 Å². The van der Waals surface area contributed by atoms with E-state index in [1.807, 2.05) is 24.3 Å². The molecule has 1 heterocycles. The first-order chi connectivity index (χ1) is 17.8. The molecule has 3 N–H and O–H groups in total. The maximum Gasteiger partial charge on any atom is 0.471 e. The molecule has 0 unspecified atom stereocenters. The second kappa shape index (κ2) is 11.2. The predicted octanol–water partition coefficient (Wildman–Crippen LogP) is 4.84. The van der Waals surface area contributed by atoms with Crippen LogP contribution < -0.4 is 5.73 Å². The molecule has 2 amide bonds. The summed E-state index contributed by atoms with van der Waals surface area (Å²) >= 11 is 0.